The number of carbonyl (C=O) groups excluding carboxylic acids is 1. The molecule has 2 saturated heterocycles. The molecule has 1 N–H and O–H groups in total. The number of nitrogens with zero attached hydrogens (tertiary/aromatic N) is 5. The Hall–Kier alpha value is -3.59. The first-order valence-corrected chi connectivity index (χ1v) is 13.2. The van der Waals surface area contributed by atoms with Gasteiger partial charge >= 0.3 is 6.03 Å². The summed E-state index contributed by atoms with van der Waals surface area (Å²) < 4.78 is 11.7. The number of amides is 2. The molecule has 0 radical (unpaired) electrons. The SMILES string of the molecule is CC(C)Oc1ccc(NC(=O)N2CCN(c3ncnc4cc(OCCN5CCCC5)ccc34)CC2)cc1. The molecule has 0 unspecified atom stereocenters. The Kier molecular flexibility index (Phi) is 7.89. The van der Waals surface area contributed by atoms with Crippen LogP contribution in [0.25, 0.3) is 10.9 Å². The normalized spacial score (nSPS) is 16.4. The highest BCUT2D eigenvalue weighted by molar-refractivity contribution is 5.91. The Morgan fingerprint density at radius 2 is 1.68 bits per heavy atom. The van der Waals surface area contributed by atoms with Gasteiger partial charge in [-0.05, 0) is 76.2 Å². The van der Waals surface area contributed by atoms with Crippen molar-refractivity contribution in [3.63, 3.8) is 0 Å². The van der Waals surface area contributed by atoms with Gasteiger partial charge < -0.3 is 24.6 Å². The van der Waals surface area contributed by atoms with Crippen LogP contribution in [-0.2, 0) is 0 Å². The number of hydrogen-bond donors (Lipinski definition) is 1. The van der Waals surface area contributed by atoms with E-state index in [1.165, 1.54) is 25.9 Å². The Labute approximate surface area is 218 Å². The fourth-order valence-corrected chi connectivity index (χ4v) is 4.88. The average molecular weight is 505 g/mol. The number of rotatable bonds is 8. The van der Waals surface area contributed by atoms with E-state index in [4.69, 9.17) is 9.47 Å². The summed E-state index contributed by atoms with van der Waals surface area (Å²) in [6.45, 7) is 10.6. The molecule has 0 bridgehead atoms. The molecule has 9 nitrogen and oxygen atoms in total. The molecule has 0 saturated carbocycles. The Morgan fingerprint density at radius 3 is 2.41 bits per heavy atom. The highest BCUT2D eigenvalue weighted by atomic mass is 16.5. The van der Waals surface area contributed by atoms with E-state index in [0.29, 0.717) is 32.8 Å². The number of aromatic nitrogens is 2. The van der Waals surface area contributed by atoms with Crippen molar-refractivity contribution in [2.24, 2.45) is 0 Å². The van der Waals surface area contributed by atoms with Gasteiger partial charge in [-0.2, -0.15) is 0 Å². The largest absolute Gasteiger partial charge is 0.492 e. The minimum absolute atomic E-state index is 0.0968. The molecular formula is C28H36N6O3. The molecule has 2 fully saturated rings. The Morgan fingerprint density at radius 1 is 0.946 bits per heavy atom. The summed E-state index contributed by atoms with van der Waals surface area (Å²) in [5.74, 6) is 2.52. The molecule has 9 heteroatoms. The van der Waals surface area contributed by atoms with Gasteiger partial charge in [0, 0.05) is 49.9 Å². The third-order valence-corrected chi connectivity index (χ3v) is 6.81. The van der Waals surface area contributed by atoms with Gasteiger partial charge in [0.2, 0.25) is 0 Å². The number of carbonyl (C=O) groups is 1. The van der Waals surface area contributed by atoms with Gasteiger partial charge in [-0.25, -0.2) is 14.8 Å². The fourth-order valence-electron chi connectivity index (χ4n) is 4.88. The van der Waals surface area contributed by atoms with E-state index < -0.39 is 0 Å². The second kappa shape index (κ2) is 11.6. The molecule has 2 aliphatic heterocycles. The van der Waals surface area contributed by atoms with Gasteiger partial charge in [-0.3, -0.25) is 4.90 Å². The van der Waals surface area contributed by atoms with Crippen molar-refractivity contribution in [1.29, 1.82) is 0 Å². The average Bonchev–Trinajstić information content (AvgIpc) is 3.43. The maximum absolute atomic E-state index is 12.8. The third-order valence-electron chi connectivity index (χ3n) is 6.81. The first-order valence-electron chi connectivity index (χ1n) is 13.2. The lowest BCUT2D eigenvalue weighted by Crippen LogP contribution is -2.50. The summed E-state index contributed by atoms with van der Waals surface area (Å²) in [7, 11) is 0. The van der Waals surface area contributed by atoms with Crippen LogP contribution in [0.15, 0.2) is 48.8 Å². The van der Waals surface area contributed by atoms with Crippen LogP contribution in [0.2, 0.25) is 0 Å². The van der Waals surface area contributed by atoms with E-state index in [1.807, 2.05) is 61.2 Å². The maximum atomic E-state index is 12.8. The molecule has 0 spiro atoms. The number of benzene rings is 2. The predicted octanol–water partition coefficient (Wildman–Crippen LogP) is 4.25. The molecule has 5 rings (SSSR count). The number of hydrogen-bond acceptors (Lipinski definition) is 7. The summed E-state index contributed by atoms with van der Waals surface area (Å²) in [6.07, 6.45) is 4.30. The molecule has 3 heterocycles. The molecule has 1 aromatic heterocycles. The van der Waals surface area contributed by atoms with E-state index in [9.17, 15) is 4.79 Å². The number of anilines is 2. The molecule has 2 aliphatic rings. The van der Waals surface area contributed by atoms with Crippen molar-refractivity contribution in [1.82, 2.24) is 19.8 Å². The topological polar surface area (TPSA) is 83.1 Å². The van der Waals surface area contributed by atoms with Gasteiger partial charge in [0.25, 0.3) is 0 Å². The summed E-state index contributed by atoms with van der Waals surface area (Å²) >= 11 is 0. The van der Waals surface area contributed by atoms with Gasteiger partial charge in [-0.1, -0.05) is 0 Å². The highest BCUT2D eigenvalue weighted by Crippen LogP contribution is 2.27. The van der Waals surface area contributed by atoms with Gasteiger partial charge in [0.05, 0.1) is 11.6 Å². The standard InChI is InChI=1S/C28H36N6O3/c1-21(2)37-23-7-5-22(6-8-23)31-28(35)34-15-13-33(14-16-34)27-25-10-9-24(19-26(25)29-20-30-27)36-18-17-32-11-3-4-12-32/h5-10,19-21H,3-4,11-18H2,1-2H3,(H,31,35). The predicted molar refractivity (Wildman–Crippen MR) is 146 cm³/mol. The minimum Gasteiger partial charge on any atom is -0.492 e. The fraction of sp³-hybridized carbons (Fsp3) is 0.464. The minimum atomic E-state index is -0.0968. The van der Waals surface area contributed by atoms with E-state index in [0.717, 1.165) is 40.5 Å². The summed E-state index contributed by atoms with van der Waals surface area (Å²) in [6, 6.07) is 13.4. The van der Waals surface area contributed by atoms with Gasteiger partial charge in [0.1, 0.15) is 30.3 Å². The van der Waals surface area contributed by atoms with Crippen molar-refractivity contribution in [3.05, 3.63) is 48.8 Å². The van der Waals surface area contributed by atoms with Crippen molar-refractivity contribution in [2.75, 3.05) is 62.6 Å². The number of piperazine rings is 1. The highest BCUT2D eigenvalue weighted by Gasteiger charge is 2.23. The third kappa shape index (κ3) is 6.40. The van der Waals surface area contributed by atoms with Crippen molar-refractivity contribution in [3.8, 4) is 11.5 Å². The summed E-state index contributed by atoms with van der Waals surface area (Å²) in [5.41, 5.74) is 1.62. The van der Waals surface area contributed by atoms with Crippen LogP contribution in [0, 0.1) is 0 Å². The van der Waals surface area contributed by atoms with E-state index in [-0.39, 0.29) is 12.1 Å². The van der Waals surface area contributed by atoms with Crippen LogP contribution in [-0.4, -0.2) is 84.3 Å². The zero-order valence-electron chi connectivity index (χ0n) is 21.7. The molecule has 196 valence electrons. The molecule has 3 aromatic rings. The van der Waals surface area contributed by atoms with E-state index in [1.54, 1.807) is 6.33 Å². The monoisotopic (exact) mass is 504 g/mol. The van der Waals surface area contributed by atoms with Crippen LogP contribution in [0.5, 0.6) is 11.5 Å². The number of fused-ring (bicyclic) bond motifs is 1. The van der Waals surface area contributed by atoms with Gasteiger partial charge in [-0.15, -0.1) is 0 Å². The van der Waals surface area contributed by atoms with Crippen LogP contribution in [0.4, 0.5) is 16.3 Å². The Balaban J connectivity index is 1.15. The molecule has 0 atom stereocenters. The summed E-state index contributed by atoms with van der Waals surface area (Å²) in [4.78, 5) is 28.4. The van der Waals surface area contributed by atoms with Crippen LogP contribution >= 0.6 is 0 Å². The molecule has 2 aromatic carbocycles. The second-order valence-corrected chi connectivity index (χ2v) is 9.87. The summed E-state index contributed by atoms with van der Waals surface area (Å²) in [5, 5.41) is 3.98. The zero-order valence-corrected chi connectivity index (χ0v) is 21.7. The zero-order chi connectivity index (χ0) is 25.6. The first-order chi connectivity index (χ1) is 18.0. The number of urea groups is 1. The van der Waals surface area contributed by atoms with Crippen LogP contribution in [0.3, 0.4) is 0 Å². The van der Waals surface area contributed by atoms with Gasteiger partial charge in [0.15, 0.2) is 0 Å². The first kappa shape index (κ1) is 25.1. The molecule has 37 heavy (non-hydrogen) atoms. The number of likely N-dealkylation sites (tertiary alicyclic amines) is 1. The maximum Gasteiger partial charge on any atom is 0.321 e. The lowest BCUT2D eigenvalue weighted by Gasteiger charge is -2.35. The van der Waals surface area contributed by atoms with Crippen molar-refractivity contribution < 1.29 is 14.3 Å². The van der Waals surface area contributed by atoms with Crippen molar-refractivity contribution in [2.45, 2.75) is 32.8 Å². The quantitative estimate of drug-likeness (QED) is 0.491. The molecular weight excluding hydrogens is 468 g/mol. The van der Waals surface area contributed by atoms with E-state index in [2.05, 4.69) is 25.1 Å². The Bertz CT molecular complexity index is 1190. The van der Waals surface area contributed by atoms with Crippen LogP contribution < -0.4 is 19.7 Å². The molecule has 0 aliphatic carbocycles. The van der Waals surface area contributed by atoms with Crippen LogP contribution in [0.1, 0.15) is 26.7 Å². The van der Waals surface area contributed by atoms with E-state index >= 15 is 0 Å². The second-order valence-electron chi connectivity index (χ2n) is 9.87. The lowest BCUT2D eigenvalue weighted by atomic mass is 10.2. The smallest absolute Gasteiger partial charge is 0.321 e. The number of nitrogens with one attached hydrogen (secondary N) is 1. The lowest BCUT2D eigenvalue weighted by molar-refractivity contribution is 0.208. The van der Waals surface area contributed by atoms with Crippen molar-refractivity contribution >= 4 is 28.4 Å². The number of ether oxygens (including phenoxy) is 2. The molecule has 2 amide bonds.